The standard InChI is InChI=1S/C2H5O.CH3O.Mg/c1-2-3;1-2;/h2H2,1H3;1H3;/q2*-1;+2. The Kier molecular flexibility index (Phi) is 116. The molecule has 0 atom stereocenters. The van der Waals surface area contributed by atoms with Crippen molar-refractivity contribution in [2.24, 2.45) is 0 Å². The maximum Gasteiger partial charge on any atom is 2.00 e. The van der Waals surface area contributed by atoms with Crippen LogP contribution in [-0.4, -0.2) is 36.8 Å². The Morgan fingerprint density at radius 1 is 1.33 bits per heavy atom. The zero-order valence-electron chi connectivity index (χ0n) is 4.23. The minimum absolute atomic E-state index is 0. The first kappa shape index (κ1) is 15.9. The average molecular weight is 100 g/mol. The van der Waals surface area contributed by atoms with Crippen molar-refractivity contribution in [3.8, 4) is 0 Å². The normalized spacial score (nSPS) is 4.00. The third-order valence-corrected chi connectivity index (χ3v) is 0. The van der Waals surface area contributed by atoms with E-state index in [9.17, 15) is 0 Å². The van der Waals surface area contributed by atoms with E-state index in [1.165, 1.54) is 0 Å². The molecule has 0 N–H and O–H groups in total. The second kappa shape index (κ2) is 43.9. The predicted molar refractivity (Wildman–Crippen MR) is 22.2 cm³/mol. The molecular weight excluding hydrogens is 92.3 g/mol. The van der Waals surface area contributed by atoms with E-state index in [0.717, 1.165) is 7.11 Å². The summed E-state index contributed by atoms with van der Waals surface area (Å²) in [6.07, 6.45) is 0. The molecule has 0 aliphatic carbocycles. The van der Waals surface area contributed by atoms with Crippen molar-refractivity contribution in [2.45, 2.75) is 6.92 Å². The fourth-order valence-corrected chi connectivity index (χ4v) is 0. The number of rotatable bonds is 0. The topological polar surface area (TPSA) is 46.1 Å². The average Bonchev–Trinajstić information content (AvgIpc) is 1.46. The maximum absolute atomic E-state index is 8.93. The molecule has 0 aromatic carbocycles. The SMILES string of the molecule is CC[O-].C[O-].[Mg+2]. The summed E-state index contributed by atoms with van der Waals surface area (Å²) in [6.45, 7) is 1.57. The Labute approximate surface area is 54.3 Å². The first-order valence-electron chi connectivity index (χ1n) is 1.40. The first-order chi connectivity index (χ1) is 2.41. The molecule has 0 saturated heterocycles. The molecule has 0 spiro atoms. The molecule has 3 heteroatoms. The Morgan fingerprint density at radius 3 is 1.33 bits per heavy atom. The van der Waals surface area contributed by atoms with Crippen molar-refractivity contribution in [3.05, 3.63) is 0 Å². The van der Waals surface area contributed by atoms with Gasteiger partial charge >= 0.3 is 23.1 Å². The van der Waals surface area contributed by atoms with Crippen LogP contribution in [0.3, 0.4) is 0 Å². The van der Waals surface area contributed by atoms with Crippen LogP contribution in [0.2, 0.25) is 0 Å². The van der Waals surface area contributed by atoms with Gasteiger partial charge in [-0.25, -0.2) is 0 Å². The van der Waals surface area contributed by atoms with Crippen LogP contribution < -0.4 is 10.2 Å². The quantitative estimate of drug-likeness (QED) is 0.329. The third kappa shape index (κ3) is 135. The van der Waals surface area contributed by atoms with Crippen LogP contribution in [0.1, 0.15) is 6.92 Å². The molecule has 0 radical (unpaired) electrons. The van der Waals surface area contributed by atoms with Crippen LogP contribution in [0.15, 0.2) is 0 Å². The van der Waals surface area contributed by atoms with E-state index in [1.54, 1.807) is 6.92 Å². The van der Waals surface area contributed by atoms with Gasteiger partial charge in [-0.1, -0.05) is 6.92 Å². The summed E-state index contributed by atoms with van der Waals surface area (Å²) in [5.74, 6) is 0. The van der Waals surface area contributed by atoms with Gasteiger partial charge in [-0.05, 0) is 0 Å². The van der Waals surface area contributed by atoms with Crippen LogP contribution >= 0.6 is 0 Å². The molecule has 0 fully saturated rings. The van der Waals surface area contributed by atoms with Crippen LogP contribution in [0.25, 0.3) is 0 Å². The van der Waals surface area contributed by atoms with Crippen molar-refractivity contribution >= 4 is 23.1 Å². The van der Waals surface area contributed by atoms with Crippen molar-refractivity contribution in [2.75, 3.05) is 13.7 Å². The van der Waals surface area contributed by atoms with Gasteiger partial charge in [-0.2, -0.15) is 7.11 Å². The van der Waals surface area contributed by atoms with Crippen LogP contribution in [-0.2, 0) is 0 Å². The minimum Gasteiger partial charge on any atom is -0.857 e. The van der Waals surface area contributed by atoms with Crippen LogP contribution in [0, 0.1) is 0 Å². The summed E-state index contributed by atoms with van der Waals surface area (Å²) in [4.78, 5) is 0. The summed E-state index contributed by atoms with van der Waals surface area (Å²) in [7, 11) is 0.750. The molecule has 0 saturated carbocycles. The van der Waals surface area contributed by atoms with Crippen LogP contribution in [0.4, 0.5) is 0 Å². The zero-order valence-corrected chi connectivity index (χ0v) is 5.64. The second-order valence-corrected chi connectivity index (χ2v) is 0.289. The van der Waals surface area contributed by atoms with E-state index in [1.807, 2.05) is 0 Å². The van der Waals surface area contributed by atoms with E-state index < -0.39 is 0 Å². The monoisotopic (exact) mass is 100 g/mol. The molecule has 0 unspecified atom stereocenters. The molecule has 0 aromatic rings. The van der Waals surface area contributed by atoms with Gasteiger partial charge in [-0.15, -0.1) is 6.61 Å². The Hall–Kier alpha value is 0.686. The minimum atomic E-state index is 0. The number of hydrogen-bond acceptors (Lipinski definition) is 2. The Bertz CT molecular complexity index is 8.75. The van der Waals surface area contributed by atoms with E-state index in [4.69, 9.17) is 10.2 Å². The molecule has 0 aromatic heterocycles. The van der Waals surface area contributed by atoms with Crippen molar-refractivity contribution in [1.29, 1.82) is 0 Å². The molecule has 6 heavy (non-hydrogen) atoms. The molecule has 34 valence electrons. The van der Waals surface area contributed by atoms with Gasteiger partial charge in [0.05, 0.1) is 0 Å². The summed E-state index contributed by atoms with van der Waals surface area (Å²) in [5.41, 5.74) is 0. The molecule has 0 aliphatic heterocycles. The first-order valence-corrected chi connectivity index (χ1v) is 1.40. The fraction of sp³-hybridized carbons (Fsp3) is 1.00. The Balaban J connectivity index is -0.0000000275. The molecule has 0 bridgehead atoms. The van der Waals surface area contributed by atoms with E-state index in [-0.39, 0.29) is 29.7 Å². The molecule has 0 heterocycles. The predicted octanol–water partition coefficient (Wildman–Crippen LogP) is -2.04. The van der Waals surface area contributed by atoms with Gasteiger partial charge in [0, 0.05) is 0 Å². The van der Waals surface area contributed by atoms with E-state index in [0.29, 0.717) is 0 Å². The van der Waals surface area contributed by atoms with Crippen molar-refractivity contribution < 1.29 is 10.2 Å². The van der Waals surface area contributed by atoms with Crippen molar-refractivity contribution in [1.82, 2.24) is 0 Å². The molecule has 0 rings (SSSR count). The van der Waals surface area contributed by atoms with Gasteiger partial charge < -0.3 is 10.2 Å². The van der Waals surface area contributed by atoms with Gasteiger partial charge in [0.25, 0.3) is 0 Å². The molecule has 0 amide bonds. The molecular formula is C3H8MgO2. The largest absolute Gasteiger partial charge is 2.00 e. The van der Waals surface area contributed by atoms with Gasteiger partial charge in [0.15, 0.2) is 0 Å². The Morgan fingerprint density at radius 2 is 1.33 bits per heavy atom. The van der Waals surface area contributed by atoms with E-state index >= 15 is 0 Å². The van der Waals surface area contributed by atoms with Gasteiger partial charge in [0.1, 0.15) is 0 Å². The molecule has 0 aliphatic rings. The van der Waals surface area contributed by atoms with Crippen molar-refractivity contribution in [3.63, 3.8) is 0 Å². The van der Waals surface area contributed by atoms with Crippen LogP contribution in [0.5, 0.6) is 0 Å². The van der Waals surface area contributed by atoms with Gasteiger partial charge in [-0.3, -0.25) is 0 Å². The van der Waals surface area contributed by atoms with E-state index in [2.05, 4.69) is 0 Å². The smallest absolute Gasteiger partial charge is 0.857 e. The maximum atomic E-state index is 8.93. The second-order valence-electron chi connectivity index (χ2n) is 0.289. The number of hydrogen-bond donors (Lipinski definition) is 0. The summed E-state index contributed by atoms with van der Waals surface area (Å²) >= 11 is 0. The van der Waals surface area contributed by atoms with Gasteiger partial charge in [0.2, 0.25) is 0 Å². The zero-order chi connectivity index (χ0) is 4.71. The third-order valence-electron chi connectivity index (χ3n) is 0. The molecule has 2 nitrogen and oxygen atoms in total. The fourth-order valence-electron chi connectivity index (χ4n) is 0. The summed E-state index contributed by atoms with van der Waals surface area (Å²) in [6, 6.07) is 0. The summed E-state index contributed by atoms with van der Waals surface area (Å²) < 4.78 is 0. The summed E-state index contributed by atoms with van der Waals surface area (Å²) in [5, 5.41) is 17.2.